The van der Waals surface area contributed by atoms with Gasteiger partial charge in [0, 0.05) is 12.7 Å². The van der Waals surface area contributed by atoms with E-state index in [1.54, 1.807) is 12.3 Å². The quantitative estimate of drug-likeness (QED) is 0.743. The zero-order valence-corrected chi connectivity index (χ0v) is 8.84. The van der Waals surface area contributed by atoms with E-state index in [0.717, 1.165) is 18.7 Å². The fourth-order valence-corrected chi connectivity index (χ4v) is 1.36. The van der Waals surface area contributed by atoms with E-state index in [0.29, 0.717) is 11.6 Å². The van der Waals surface area contributed by atoms with Crippen LogP contribution in [0.15, 0.2) is 12.3 Å². The molecule has 0 aromatic carbocycles. The van der Waals surface area contributed by atoms with E-state index in [4.69, 9.17) is 5.26 Å². The number of hydrogen-bond acceptors (Lipinski definition) is 5. The van der Waals surface area contributed by atoms with Gasteiger partial charge in [0.25, 0.3) is 0 Å². The monoisotopic (exact) mass is 208 g/mol. The molecule has 0 aliphatic heterocycles. The Balaban J connectivity index is 2.39. The number of rotatable bonds is 5. The van der Waals surface area contributed by atoms with Crippen LogP contribution >= 0.6 is 11.8 Å². The molecule has 0 aliphatic carbocycles. The Bertz CT molecular complexity index is 321. The summed E-state index contributed by atoms with van der Waals surface area (Å²) >= 11 is 1.81. The first-order valence-corrected chi connectivity index (χ1v) is 5.72. The maximum atomic E-state index is 8.60. The lowest BCUT2D eigenvalue weighted by molar-refractivity contribution is 0.960. The molecule has 1 aromatic rings. The van der Waals surface area contributed by atoms with Gasteiger partial charge >= 0.3 is 0 Å². The molecule has 4 nitrogen and oxygen atoms in total. The minimum absolute atomic E-state index is 0.396. The highest BCUT2D eigenvalue weighted by Gasteiger charge is 1.96. The number of nitriles is 1. The average Bonchev–Trinajstić information content (AvgIpc) is 2.25. The molecule has 1 rings (SSSR count). The second-order valence-electron chi connectivity index (χ2n) is 2.65. The predicted molar refractivity (Wildman–Crippen MR) is 58.2 cm³/mol. The van der Waals surface area contributed by atoms with Crippen LogP contribution < -0.4 is 5.32 Å². The molecule has 0 fully saturated rings. The number of hydrogen-bond donors (Lipinski definition) is 1. The van der Waals surface area contributed by atoms with E-state index >= 15 is 0 Å². The van der Waals surface area contributed by atoms with Gasteiger partial charge in [-0.25, -0.2) is 9.97 Å². The molecular weight excluding hydrogens is 196 g/mol. The van der Waals surface area contributed by atoms with Crippen LogP contribution in [-0.2, 0) is 0 Å². The molecule has 0 saturated heterocycles. The van der Waals surface area contributed by atoms with Gasteiger partial charge in [-0.3, -0.25) is 0 Å². The van der Waals surface area contributed by atoms with Gasteiger partial charge in [-0.05, 0) is 24.5 Å². The molecule has 14 heavy (non-hydrogen) atoms. The van der Waals surface area contributed by atoms with Crippen molar-refractivity contribution >= 4 is 17.7 Å². The van der Waals surface area contributed by atoms with Gasteiger partial charge in [0.05, 0.1) is 0 Å². The normalized spacial score (nSPS) is 9.43. The predicted octanol–water partition coefficient (Wildman–Crippen LogP) is 1.51. The van der Waals surface area contributed by atoms with E-state index in [9.17, 15) is 0 Å². The third-order valence-electron chi connectivity index (χ3n) is 1.58. The molecule has 74 valence electrons. The van der Waals surface area contributed by atoms with Crippen LogP contribution in [0.1, 0.15) is 12.1 Å². The van der Waals surface area contributed by atoms with Crippen LogP contribution in [0.2, 0.25) is 0 Å². The topological polar surface area (TPSA) is 61.6 Å². The maximum absolute atomic E-state index is 8.60. The van der Waals surface area contributed by atoms with Gasteiger partial charge in [0.2, 0.25) is 5.95 Å². The fraction of sp³-hybridized carbons (Fsp3) is 0.444. The van der Waals surface area contributed by atoms with Crippen molar-refractivity contribution < 1.29 is 0 Å². The molecule has 1 aromatic heterocycles. The molecule has 0 unspecified atom stereocenters. The number of thioether (sulfide) groups is 1. The standard InChI is InChI=1S/C9H12N4S/c1-14-6-2-4-11-9-12-5-3-8(7-10)13-9/h3,5H,2,4,6H2,1H3,(H,11,12,13). The van der Waals surface area contributed by atoms with E-state index in [2.05, 4.69) is 21.5 Å². The zero-order chi connectivity index (χ0) is 10.2. The largest absolute Gasteiger partial charge is 0.354 e. The molecule has 0 spiro atoms. The minimum atomic E-state index is 0.396. The van der Waals surface area contributed by atoms with E-state index < -0.39 is 0 Å². The Kier molecular flexibility index (Phi) is 4.79. The third kappa shape index (κ3) is 3.62. The van der Waals surface area contributed by atoms with Crippen molar-refractivity contribution in [2.75, 3.05) is 23.9 Å². The highest BCUT2D eigenvalue weighted by Crippen LogP contribution is 2.00. The number of nitrogens with zero attached hydrogens (tertiary/aromatic N) is 3. The van der Waals surface area contributed by atoms with Crippen molar-refractivity contribution in [1.29, 1.82) is 5.26 Å². The summed E-state index contributed by atoms with van der Waals surface area (Å²) in [5.74, 6) is 1.65. The van der Waals surface area contributed by atoms with E-state index in [1.165, 1.54) is 0 Å². The van der Waals surface area contributed by atoms with Crippen molar-refractivity contribution in [3.05, 3.63) is 18.0 Å². The van der Waals surface area contributed by atoms with E-state index in [1.807, 2.05) is 17.8 Å². The summed E-state index contributed by atoms with van der Waals surface area (Å²) in [5.41, 5.74) is 0.396. The summed E-state index contributed by atoms with van der Waals surface area (Å²) in [6.07, 6.45) is 4.73. The van der Waals surface area contributed by atoms with Crippen molar-refractivity contribution in [2.24, 2.45) is 0 Å². The second-order valence-corrected chi connectivity index (χ2v) is 3.64. The maximum Gasteiger partial charge on any atom is 0.223 e. The van der Waals surface area contributed by atoms with Crippen LogP contribution in [0.4, 0.5) is 5.95 Å². The third-order valence-corrected chi connectivity index (χ3v) is 2.28. The summed E-state index contributed by atoms with van der Waals surface area (Å²) < 4.78 is 0. The van der Waals surface area contributed by atoms with Crippen molar-refractivity contribution in [3.63, 3.8) is 0 Å². The Hall–Kier alpha value is -1.28. The summed E-state index contributed by atoms with van der Waals surface area (Å²) in [4.78, 5) is 8.00. The number of aromatic nitrogens is 2. The van der Waals surface area contributed by atoms with Gasteiger partial charge < -0.3 is 5.32 Å². The highest BCUT2D eigenvalue weighted by molar-refractivity contribution is 7.98. The van der Waals surface area contributed by atoms with Crippen molar-refractivity contribution in [3.8, 4) is 6.07 Å². The SMILES string of the molecule is CSCCCNc1nccc(C#N)n1. The van der Waals surface area contributed by atoms with E-state index in [-0.39, 0.29) is 0 Å². The number of nitrogens with one attached hydrogen (secondary N) is 1. The van der Waals surface area contributed by atoms with Crippen LogP contribution in [0.25, 0.3) is 0 Å². The smallest absolute Gasteiger partial charge is 0.223 e. The Morgan fingerprint density at radius 1 is 1.64 bits per heavy atom. The molecular formula is C9H12N4S. The lowest BCUT2D eigenvalue weighted by Gasteiger charge is -2.02. The molecule has 0 amide bonds. The van der Waals surface area contributed by atoms with Gasteiger partial charge in [-0.15, -0.1) is 0 Å². The van der Waals surface area contributed by atoms with Crippen LogP contribution in [0.5, 0.6) is 0 Å². The second kappa shape index (κ2) is 6.22. The minimum Gasteiger partial charge on any atom is -0.354 e. The fourth-order valence-electron chi connectivity index (χ4n) is 0.923. The van der Waals surface area contributed by atoms with Gasteiger partial charge in [-0.2, -0.15) is 17.0 Å². The molecule has 0 saturated carbocycles. The van der Waals surface area contributed by atoms with Crippen molar-refractivity contribution in [1.82, 2.24) is 9.97 Å². The Labute approximate surface area is 87.8 Å². The summed E-state index contributed by atoms with van der Waals surface area (Å²) in [6.45, 7) is 0.843. The number of anilines is 1. The first-order chi connectivity index (χ1) is 6.86. The highest BCUT2D eigenvalue weighted by atomic mass is 32.2. The van der Waals surface area contributed by atoms with Gasteiger partial charge in [0.1, 0.15) is 11.8 Å². The molecule has 5 heteroatoms. The molecule has 0 radical (unpaired) electrons. The van der Waals surface area contributed by atoms with Crippen LogP contribution in [0.3, 0.4) is 0 Å². The first-order valence-electron chi connectivity index (χ1n) is 4.33. The summed E-state index contributed by atoms with van der Waals surface area (Å²) in [7, 11) is 0. The Morgan fingerprint density at radius 3 is 3.21 bits per heavy atom. The first kappa shape index (κ1) is 10.8. The molecule has 0 atom stereocenters. The Morgan fingerprint density at radius 2 is 2.50 bits per heavy atom. The van der Waals surface area contributed by atoms with Crippen molar-refractivity contribution in [2.45, 2.75) is 6.42 Å². The summed E-state index contributed by atoms with van der Waals surface area (Å²) in [6, 6.07) is 3.56. The van der Waals surface area contributed by atoms with Gasteiger partial charge in [-0.1, -0.05) is 0 Å². The lowest BCUT2D eigenvalue weighted by Crippen LogP contribution is -2.06. The lowest BCUT2D eigenvalue weighted by atomic mass is 10.4. The van der Waals surface area contributed by atoms with Crippen LogP contribution in [0, 0.1) is 11.3 Å². The summed E-state index contributed by atoms with van der Waals surface area (Å²) in [5, 5.41) is 11.7. The molecule has 1 heterocycles. The zero-order valence-electron chi connectivity index (χ0n) is 8.03. The van der Waals surface area contributed by atoms with Gasteiger partial charge in [0.15, 0.2) is 0 Å². The molecule has 0 bridgehead atoms. The average molecular weight is 208 g/mol. The molecule has 1 N–H and O–H groups in total. The molecule has 0 aliphatic rings. The van der Waals surface area contributed by atoms with Crippen LogP contribution in [-0.4, -0.2) is 28.5 Å².